The van der Waals surface area contributed by atoms with E-state index < -0.39 is 0 Å². The first kappa shape index (κ1) is 20.7. The Morgan fingerprint density at radius 2 is 2.00 bits per heavy atom. The lowest BCUT2D eigenvalue weighted by atomic mass is 9.79. The number of rotatable bonds is 4. The number of anilines is 2. The fraction of sp³-hybridized carbons (Fsp3) is 0.360. The molecule has 3 rings (SSSR count). The highest BCUT2D eigenvalue weighted by Crippen LogP contribution is 2.44. The highest BCUT2D eigenvalue weighted by Gasteiger charge is 2.35. The highest BCUT2D eigenvalue weighted by atomic mass is 16.1. The lowest BCUT2D eigenvalue weighted by Gasteiger charge is -2.47. The zero-order chi connectivity index (χ0) is 21.2. The largest absolute Gasteiger partial charge is 0.366 e. The summed E-state index contributed by atoms with van der Waals surface area (Å²) in [5.74, 6) is 0.0272. The molecule has 0 bridgehead atoms. The van der Waals surface area contributed by atoms with Crippen molar-refractivity contribution < 1.29 is 4.79 Å². The Bertz CT molecular complexity index is 983. The number of carbonyl (C=O) groups is 1. The normalized spacial score (nSPS) is 18.0. The van der Waals surface area contributed by atoms with Crippen LogP contribution in [-0.4, -0.2) is 18.0 Å². The van der Waals surface area contributed by atoms with Gasteiger partial charge in [0.1, 0.15) is 11.6 Å². The Hall–Kier alpha value is -3.06. The average Bonchev–Trinajstić information content (AvgIpc) is 2.67. The molecule has 4 nitrogen and oxygen atoms in total. The van der Waals surface area contributed by atoms with Crippen molar-refractivity contribution in [3.8, 4) is 6.07 Å². The minimum absolute atomic E-state index is 0.105. The summed E-state index contributed by atoms with van der Waals surface area (Å²) in [6.45, 7) is 12.0. The summed E-state index contributed by atoms with van der Waals surface area (Å²) in [5.41, 5.74) is 5.42. The summed E-state index contributed by atoms with van der Waals surface area (Å²) >= 11 is 0. The molecule has 1 N–H and O–H groups in total. The molecule has 1 aliphatic heterocycles. The van der Waals surface area contributed by atoms with Crippen LogP contribution in [0.2, 0.25) is 0 Å². The number of carbonyl (C=O) groups excluding carboxylic acids is 1. The van der Waals surface area contributed by atoms with Gasteiger partial charge in [-0.15, -0.1) is 0 Å². The van der Waals surface area contributed by atoms with E-state index in [1.54, 1.807) is 18.2 Å². The zero-order valence-electron chi connectivity index (χ0n) is 17.9. The van der Waals surface area contributed by atoms with Crippen LogP contribution in [0.4, 0.5) is 11.4 Å². The summed E-state index contributed by atoms with van der Waals surface area (Å²) in [4.78, 5) is 15.0. The van der Waals surface area contributed by atoms with Gasteiger partial charge < -0.3 is 10.2 Å². The third-order valence-corrected chi connectivity index (χ3v) is 5.79. The van der Waals surface area contributed by atoms with Crippen LogP contribution >= 0.6 is 0 Å². The fourth-order valence-electron chi connectivity index (χ4n) is 4.43. The van der Waals surface area contributed by atoms with E-state index in [-0.39, 0.29) is 17.0 Å². The van der Waals surface area contributed by atoms with Gasteiger partial charge in [0, 0.05) is 23.5 Å². The number of para-hydroxylation sites is 1. The number of benzene rings is 2. The van der Waals surface area contributed by atoms with Crippen LogP contribution in [0.15, 0.2) is 48.0 Å². The topological polar surface area (TPSA) is 56.1 Å². The first-order chi connectivity index (χ1) is 13.8. The van der Waals surface area contributed by atoms with E-state index in [0.717, 1.165) is 24.1 Å². The van der Waals surface area contributed by atoms with Crippen molar-refractivity contribution >= 4 is 23.4 Å². The Morgan fingerprint density at radius 3 is 2.62 bits per heavy atom. The van der Waals surface area contributed by atoms with Crippen molar-refractivity contribution in [1.29, 1.82) is 5.26 Å². The van der Waals surface area contributed by atoms with Gasteiger partial charge in [-0.3, -0.25) is 4.79 Å². The van der Waals surface area contributed by atoms with Gasteiger partial charge in [0.25, 0.3) is 5.91 Å². The molecule has 0 fully saturated rings. The van der Waals surface area contributed by atoms with Gasteiger partial charge in [-0.2, -0.15) is 5.26 Å². The molecule has 0 saturated heterocycles. The smallest absolute Gasteiger partial charge is 0.266 e. The van der Waals surface area contributed by atoms with E-state index in [9.17, 15) is 10.1 Å². The molecule has 2 aromatic rings. The third-order valence-electron chi connectivity index (χ3n) is 5.79. The van der Waals surface area contributed by atoms with Crippen LogP contribution in [0, 0.1) is 18.3 Å². The molecule has 1 aliphatic rings. The Labute approximate surface area is 173 Å². The van der Waals surface area contributed by atoms with Crippen LogP contribution in [0.25, 0.3) is 6.08 Å². The molecule has 1 unspecified atom stereocenters. The van der Waals surface area contributed by atoms with Crippen molar-refractivity contribution in [3.63, 3.8) is 0 Å². The molecule has 1 amide bonds. The molecule has 0 radical (unpaired) electrons. The SMILES string of the molecule is CCN1c2cc(C)c(/C=C(/C#N)C(=O)Nc3ccccc3)cc2C(C)CC1(C)C. The van der Waals surface area contributed by atoms with Gasteiger partial charge in [-0.05, 0) is 87.1 Å². The molecule has 1 heterocycles. The van der Waals surface area contributed by atoms with Gasteiger partial charge in [0.15, 0.2) is 0 Å². The molecule has 1 atom stereocenters. The van der Waals surface area contributed by atoms with Crippen LogP contribution in [-0.2, 0) is 4.79 Å². The maximum absolute atomic E-state index is 12.6. The Balaban J connectivity index is 1.98. The summed E-state index contributed by atoms with van der Waals surface area (Å²) < 4.78 is 0. The second kappa shape index (κ2) is 8.13. The van der Waals surface area contributed by atoms with Crippen molar-refractivity contribution in [2.75, 3.05) is 16.8 Å². The second-order valence-electron chi connectivity index (χ2n) is 8.42. The monoisotopic (exact) mass is 387 g/mol. The van der Waals surface area contributed by atoms with E-state index in [1.807, 2.05) is 25.1 Å². The molecule has 2 aromatic carbocycles. The van der Waals surface area contributed by atoms with Crippen LogP contribution in [0.3, 0.4) is 0 Å². The molecular formula is C25H29N3O. The van der Waals surface area contributed by atoms with Gasteiger partial charge in [-0.1, -0.05) is 25.1 Å². The predicted molar refractivity (Wildman–Crippen MR) is 120 cm³/mol. The standard InChI is InChI=1S/C25H29N3O/c1-6-28-23-12-17(2)19(14-22(23)18(3)15-25(28,4)5)13-20(16-26)24(29)27-21-10-8-7-9-11-21/h7-14,18H,6,15H2,1-5H3,(H,27,29)/b20-13-. The number of aryl methyl sites for hydroxylation is 1. The average molecular weight is 388 g/mol. The number of nitrogens with zero attached hydrogens (tertiary/aromatic N) is 2. The Morgan fingerprint density at radius 1 is 1.31 bits per heavy atom. The van der Waals surface area contributed by atoms with E-state index in [4.69, 9.17) is 0 Å². The predicted octanol–water partition coefficient (Wildman–Crippen LogP) is 5.65. The third kappa shape index (κ3) is 4.19. The van der Waals surface area contributed by atoms with Crippen LogP contribution in [0.1, 0.15) is 56.7 Å². The van der Waals surface area contributed by atoms with Crippen molar-refractivity contribution in [3.05, 3.63) is 64.7 Å². The lowest BCUT2D eigenvalue weighted by molar-refractivity contribution is -0.112. The highest BCUT2D eigenvalue weighted by molar-refractivity contribution is 6.09. The van der Waals surface area contributed by atoms with Gasteiger partial charge >= 0.3 is 0 Å². The molecular weight excluding hydrogens is 358 g/mol. The maximum atomic E-state index is 12.6. The number of nitrogens with one attached hydrogen (secondary N) is 1. The molecule has 0 aromatic heterocycles. The Kier molecular flexibility index (Phi) is 5.79. The van der Waals surface area contributed by atoms with E-state index in [2.05, 4.69) is 56.1 Å². The van der Waals surface area contributed by atoms with Crippen molar-refractivity contribution in [2.24, 2.45) is 0 Å². The minimum atomic E-state index is -0.389. The van der Waals surface area contributed by atoms with Crippen molar-refractivity contribution in [2.45, 2.75) is 52.5 Å². The molecule has 0 spiro atoms. The van der Waals surface area contributed by atoms with Crippen molar-refractivity contribution in [1.82, 2.24) is 0 Å². The number of hydrogen-bond acceptors (Lipinski definition) is 3. The fourth-order valence-corrected chi connectivity index (χ4v) is 4.43. The van der Waals surface area contributed by atoms with Crippen LogP contribution < -0.4 is 10.2 Å². The summed E-state index contributed by atoms with van der Waals surface area (Å²) in [7, 11) is 0. The van der Waals surface area contributed by atoms with Gasteiger partial charge in [0.2, 0.25) is 0 Å². The molecule has 150 valence electrons. The molecule has 29 heavy (non-hydrogen) atoms. The first-order valence-electron chi connectivity index (χ1n) is 10.2. The molecule has 0 aliphatic carbocycles. The zero-order valence-corrected chi connectivity index (χ0v) is 17.9. The van der Waals surface area contributed by atoms with Gasteiger partial charge in [0.05, 0.1) is 0 Å². The quantitative estimate of drug-likeness (QED) is 0.544. The molecule has 0 saturated carbocycles. The van der Waals surface area contributed by atoms with Crippen LogP contribution in [0.5, 0.6) is 0 Å². The summed E-state index contributed by atoms with van der Waals surface area (Å²) in [6, 6.07) is 15.6. The minimum Gasteiger partial charge on any atom is -0.366 e. The second-order valence-corrected chi connectivity index (χ2v) is 8.42. The number of amides is 1. The number of fused-ring (bicyclic) bond motifs is 1. The lowest BCUT2D eigenvalue weighted by Crippen LogP contribution is -2.48. The van der Waals surface area contributed by atoms with E-state index >= 15 is 0 Å². The molecule has 4 heteroatoms. The van der Waals surface area contributed by atoms with E-state index in [1.165, 1.54) is 11.3 Å². The van der Waals surface area contributed by atoms with Gasteiger partial charge in [-0.25, -0.2) is 0 Å². The summed E-state index contributed by atoms with van der Waals surface area (Å²) in [6.07, 6.45) is 2.77. The number of nitriles is 1. The number of hydrogen-bond donors (Lipinski definition) is 1. The van der Waals surface area contributed by atoms with E-state index in [0.29, 0.717) is 11.6 Å². The maximum Gasteiger partial charge on any atom is 0.266 e. The summed E-state index contributed by atoms with van der Waals surface area (Å²) in [5, 5.41) is 12.4. The first-order valence-corrected chi connectivity index (χ1v) is 10.2.